The molecule has 0 radical (unpaired) electrons. The molecule has 1 aliphatic rings. The van der Waals surface area contributed by atoms with Gasteiger partial charge in [-0.3, -0.25) is 9.59 Å². The van der Waals surface area contributed by atoms with Crippen molar-refractivity contribution in [1.82, 2.24) is 0 Å². The number of ether oxygens (including phenoxy) is 2. The number of fused-ring (bicyclic) bond motifs is 1. The molecule has 0 fully saturated rings. The van der Waals surface area contributed by atoms with Crippen LogP contribution in [0.15, 0.2) is 18.2 Å². The normalized spacial score (nSPS) is 15.8. The molecule has 0 saturated heterocycles. The molecule has 0 aliphatic carbocycles. The van der Waals surface area contributed by atoms with Gasteiger partial charge in [-0.1, -0.05) is 0 Å². The lowest BCUT2D eigenvalue weighted by Gasteiger charge is -2.35. The minimum atomic E-state index is -0.451. The van der Waals surface area contributed by atoms with E-state index < -0.39 is 5.97 Å². The van der Waals surface area contributed by atoms with E-state index in [9.17, 15) is 9.59 Å². The van der Waals surface area contributed by atoms with Gasteiger partial charge >= 0.3 is 5.97 Å². The monoisotopic (exact) mass is 326 g/mol. The van der Waals surface area contributed by atoms with Crippen LogP contribution in [0.2, 0.25) is 0 Å². The van der Waals surface area contributed by atoms with Crippen LogP contribution in [-0.4, -0.2) is 41.6 Å². The Kier molecular flexibility index (Phi) is 5.22. The SMILES string of the molecule is CSC1(SC)COc2ccc(C(=O)COC(C)=O)cc2C1. The summed E-state index contributed by atoms with van der Waals surface area (Å²) in [6.45, 7) is 1.73. The van der Waals surface area contributed by atoms with Crippen molar-refractivity contribution in [2.75, 3.05) is 25.7 Å². The third kappa shape index (κ3) is 3.74. The van der Waals surface area contributed by atoms with Gasteiger partial charge in [-0.2, -0.15) is 0 Å². The summed E-state index contributed by atoms with van der Waals surface area (Å²) in [7, 11) is 0. The molecule has 0 aromatic heterocycles. The molecule has 2 rings (SSSR count). The third-order valence-electron chi connectivity index (χ3n) is 3.44. The standard InChI is InChI=1S/C15H18O4S2/c1-10(16)18-8-13(17)11-4-5-14-12(6-11)7-15(20-2,21-3)9-19-14/h4-6H,7-9H2,1-3H3. The highest BCUT2D eigenvalue weighted by Gasteiger charge is 2.34. The van der Waals surface area contributed by atoms with Gasteiger partial charge in [-0.15, -0.1) is 23.5 Å². The minimum absolute atomic E-state index is 0.00937. The number of carbonyl (C=O) groups is 2. The fraction of sp³-hybridized carbons (Fsp3) is 0.467. The second-order valence-corrected chi connectivity index (χ2v) is 7.45. The average molecular weight is 326 g/mol. The highest BCUT2D eigenvalue weighted by molar-refractivity contribution is 8.17. The second kappa shape index (κ2) is 6.75. The van der Waals surface area contributed by atoms with Crippen LogP contribution in [0.4, 0.5) is 0 Å². The zero-order chi connectivity index (χ0) is 15.5. The molecular weight excluding hydrogens is 308 g/mol. The molecule has 1 heterocycles. The van der Waals surface area contributed by atoms with Crippen LogP contribution in [0, 0.1) is 0 Å². The van der Waals surface area contributed by atoms with E-state index in [4.69, 9.17) is 9.47 Å². The first-order valence-corrected chi connectivity index (χ1v) is 8.97. The van der Waals surface area contributed by atoms with Crippen LogP contribution in [-0.2, 0) is 16.0 Å². The Hall–Kier alpha value is -1.14. The quantitative estimate of drug-likeness (QED) is 0.471. The number of hydrogen-bond acceptors (Lipinski definition) is 6. The van der Waals surface area contributed by atoms with Crippen LogP contribution in [0.25, 0.3) is 0 Å². The molecule has 0 saturated carbocycles. The molecule has 1 aromatic carbocycles. The van der Waals surface area contributed by atoms with Crippen molar-refractivity contribution in [2.45, 2.75) is 17.4 Å². The smallest absolute Gasteiger partial charge is 0.303 e. The maximum atomic E-state index is 12.0. The molecular formula is C15H18O4S2. The predicted molar refractivity (Wildman–Crippen MR) is 86.4 cm³/mol. The molecule has 6 heteroatoms. The molecule has 0 amide bonds. The van der Waals surface area contributed by atoms with Crippen molar-refractivity contribution in [3.8, 4) is 5.75 Å². The number of benzene rings is 1. The Morgan fingerprint density at radius 1 is 1.33 bits per heavy atom. The first-order valence-electron chi connectivity index (χ1n) is 6.52. The summed E-state index contributed by atoms with van der Waals surface area (Å²) in [6.07, 6.45) is 4.99. The number of thioether (sulfide) groups is 2. The molecule has 1 aliphatic heterocycles. The fourth-order valence-electron chi connectivity index (χ4n) is 2.16. The topological polar surface area (TPSA) is 52.6 Å². The Balaban J connectivity index is 2.19. The second-order valence-electron chi connectivity index (χ2n) is 4.81. The van der Waals surface area contributed by atoms with E-state index in [0.29, 0.717) is 12.2 Å². The van der Waals surface area contributed by atoms with Crippen molar-refractivity contribution >= 4 is 35.3 Å². The van der Waals surface area contributed by atoms with E-state index in [1.54, 1.807) is 29.6 Å². The van der Waals surface area contributed by atoms with E-state index in [1.807, 2.05) is 12.1 Å². The van der Waals surface area contributed by atoms with E-state index in [1.165, 1.54) is 6.92 Å². The minimum Gasteiger partial charge on any atom is -0.491 e. The number of carbonyl (C=O) groups excluding carboxylic acids is 2. The lowest BCUT2D eigenvalue weighted by molar-refractivity contribution is -0.139. The average Bonchev–Trinajstić information content (AvgIpc) is 2.51. The maximum Gasteiger partial charge on any atom is 0.303 e. The van der Waals surface area contributed by atoms with E-state index >= 15 is 0 Å². The maximum absolute atomic E-state index is 12.0. The Labute approximate surface area is 133 Å². The number of Topliss-reactive ketones (excluding diaryl/α,β-unsaturated/α-hetero) is 1. The van der Waals surface area contributed by atoms with Crippen LogP contribution in [0.3, 0.4) is 0 Å². The summed E-state index contributed by atoms with van der Waals surface area (Å²) in [6, 6.07) is 5.39. The molecule has 0 bridgehead atoms. The zero-order valence-electron chi connectivity index (χ0n) is 12.3. The first-order chi connectivity index (χ1) is 9.99. The first kappa shape index (κ1) is 16.2. The Bertz CT molecular complexity index is 553. The van der Waals surface area contributed by atoms with Gasteiger partial charge < -0.3 is 9.47 Å². The molecule has 114 valence electrons. The number of hydrogen-bond donors (Lipinski definition) is 0. The summed E-state index contributed by atoms with van der Waals surface area (Å²) >= 11 is 3.54. The van der Waals surface area contributed by atoms with E-state index in [0.717, 1.165) is 17.7 Å². The van der Waals surface area contributed by atoms with Gasteiger partial charge in [0.15, 0.2) is 12.4 Å². The van der Waals surface area contributed by atoms with E-state index in [2.05, 4.69) is 12.5 Å². The van der Waals surface area contributed by atoms with Gasteiger partial charge in [0.25, 0.3) is 0 Å². The largest absolute Gasteiger partial charge is 0.491 e. The third-order valence-corrected chi connectivity index (χ3v) is 6.45. The molecule has 0 spiro atoms. The van der Waals surface area contributed by atoms with Crippen molar-refractivity contribution < 1.29 is 19.1 Å². The van der Waals surface area contributed by atoms with Gasteiger partial charge in [0.05, 0.1) is 4.08 Å². The molecule has 0 N–H and O–H groups in total. The van der Waals surface area contributed by atoms with Gasteiger partial charge in [0.2, 0.25) is 0 Å². The summed E-state index contributed by atoms with van der Waals surface area (Å²) < 4.78 is 10.6. The van der Waals surface area contributed by atoms with Crippen molar-refractivity contribution in [3.05, 3.63) is 29.3 Å². The highest BCUT2D eigenvalue weighted by Crippen LogP contribution is 2.43. The molecule has 21 heavy (non-hydrogen) atoms. The molecule has 0 unspecified atom stereocenters. The fourth-order valence-corrected chi connectivity index (χ4v) is 3.78. The predicted octanol–water partition coefficient (Wildman–Crippen LogP) is 2.79. The number of rotatable bonds is 5. The summed E-state index contributed by atoms with van der Waals surface area (Å²) in [5.74, 6) is 0.184. The molecule has 1 aromatic rings. The van der Waals surface area contributed by atoms with Crippen LogP contribution >= 0.6 is 23.5 Å². The van der Waals surface area contributed by atoms with Gasteiger partial charge in [0, 0.05) is 18.9 Å². The Morgan fingerprint density at radius 2 is 2.05 bits per heavy atom. The molecule has 0 atom stereocenters. The highest BCUT2D eigenvalue weighted by atomic mass is 32.2. The van der Waals surface area contributed by atoms with E-state index in [-0.39, 0.29) is 16.5 Å². The Morgan fingerprint density at radius 3 is 2.67 bits per heavy atom. The van der Waals surface area contributed by atoms with Crippen molar-refractivity contribution in [1.29, 1.82) is 0 Å². The summed E-state index contributed by atoms with van der Waals surface area (Å²) in [5.41, 5.74) is 1.58. The zero-order valence-corrected chi connectivity index (χ0v) is 13.9. The lowest BCUT2D eigenvalue weighted by Crippen LogP contribution is -2.35. The van der Waals surface area contributed by atoms with Crippen molar-refractivity contribution in [3.63, 3.8) is 0 Å². The van der Waals surface area contributed by atoms with Crippen molar-refractivity contribution in [2.24, 2.45) is 0 Å². The van der Waals surface area contributed by atoms with Gasteiger partial charge in [-0.25, -0.2) is 0 Å². The number of ketones is 1. The van der Waals surface area contributed by atoms with Crippen LogP contribution in [0.5, 0.6) is 5.75 Å². The lowest BCUT2D eigenvalue weighted by atomic mass is 10.0. The summed E-state index contributed by atoms with van der Waals surface area (Å²) in [4.78, 5) is 22.8. The van der Waals surface area contributed by atoms with Gasteiger partial charge in [-0.05, 0) is 36.3 Å². The van der Waals surface area contributed by atoms with Gasteiger partial charge in [0.1, 0.15) is 12.4 Å². The summed E-state index contributed by atoms with van der Waals surface area (Å²) in [5, 5.41) is 0. The van der Waals surface area contributed by atoms with Crippen LogP contribution < -0.4 is 4.74 Å². The number of esters is 1. The van der Waals surface area contributed by atoms with Crippen LogP contribution in [0.1, 0.15) is 22.8 Å². The molecule has 4 nitrogen and oxygen atoms in total.